The molecule has 2 atom stereocenters. The smallest absolute Gasteiger partial charge is 0.308 e. The minimum absolute atomic E-state index is 0.0958. The van der Waals surface area contributed by atoms with Crippen molar-refractivity contribution in [2.45, 2.75) is 12.5 Å². The van der Waals surface area contributed by atoms with Gasteiger partial charge in [0, 0.05) is 37.1 Å². The first-order chi connectivity index (χ1) is 13.2. The summed E-state index contributed by atoms with van der Waals surface area (Å²) in [6, 6.07) is 17.8. The molecule has 0 radical (unpaired) electrons. The molecule has 27 heavy (non-hydrogen) atoms. The zero-order chi connectivity index (χ0) is 18.8. The van der Waals surface area contributed by atoms with Gasteiger partial charge in [0.2, 0.25) is 0 Å². The van der Waals surface area contributed by atoms with Crippen molar-refractivity contribution in [3.63, 3.8) is 0 Å². The van der Waals surface area contributed by atoms with E-state index in [2.05, 4.69) is 16.0 Å². The Kier molecular flexibility index (Phi) is 4.77. The van der Waals surface area contributed by atoms with Crippen LogP contribution in [-0.4, -0.2) is 41.2 Å². The second-order valence-electron chi connectivity index (χ2n) is 6.98. The van der Waals surface area contributed by atoms with E-state index in [4.69, 9.17) is 4.74 Å². The highest BCUT2D eigenvalue weighted by molar-refractivity contribution is 5.81. The number of fused-ring (bicyclic) bond motifs is 1. The molecule has 0 spiro atoms. The molecular formula is C22H22N2O3. The molecule has 1 saturated heterocycles. The van der Waals surface area contributed by atoms with Crippen molar-refractivity contribution in [1.82, 2.24) is 9.88 Å². The zero-order valence-electron chi connectivity index (χ0n) is 15.2. The molecule has 2 heterocycles. The number of pyridine rings is 1. The Morgan fingerprint density at radius 1 is 1.15 bits per heavy atom. The van der Waals surface area contributed by atoms with Gasteiger partial charge in [-0.1, -0.05) is 42.5 Å². The number of ether oxygens (including phenoxy) is 1. The van der Waals surface area contributed by atoms with Crippen LogP contribution in [0.4, 0.5) is 0 Å². The number of carbonyl (C=O) groups is 1. The Labute approximate surface area is 158 Å². The summed E-state index contributed by atoms with van der Waals surface area (Å²) in [5, 5.41) is 10.9. The third-order valence-corrected chi connectivity index (χ3v) is 5.36. The summed E-state index contributed by atoms with van der Waals surface area (Å²) in [6.07, 6.45) is 1.80. The molecule has 0 aliphatic carbocycles. The minimum atomic E-state index is -0.760. The largest absolute Gasteiger partial charge is 0.496 e. The maximum Gasteiger partial charge on any atom is 0.308 e. The topological polar surface area (TPSA) is 62.7 Å². The van der Waals surface area contributed by atoms with Crippen molar-refractivity contribution in [3.8, 4) is 5.75 Å². The van der Waals surface area contributed by atoms with Crippen LogP contribution in [-0.2, 0) is 11.3 Å². The van der Waals surface area contributed by atoms with Gasteiger partial charge < -0.3 is 9.84 Å². The second-order valence-corrected chi connectivity index (χ2v) is 6.98. The quantitative estimate of drug-likeness (QED) is 0.752. The van der Waals surface area contributed by atoms with Crippen molar-refractivity contribution < 1.29 is 14.6 Å². The Hall–Kier alpha value is -2.92. The van der Waals surface area contributed by atoms with E-state index in [-0.39, 0.29) is 5.92 Å². The number of rotatable bonds is 5. The molecule has 0 saturated carbocycles. The van der Waals surface area contributed by atoms with E-state index in [0.29, 0.717) is 19.6 Å². The van der Waals surface area contributed by atoms with E-state index in [1.165, 1.54) is 0 Å². The van der Waals surface area contributed by atoms with Gasteiger partial charge in [-0.3, -0.25) is 14.7 Å². The summed E-state index contributed by atoms with van der Waals surface area (Å²) < 4.78 is 5.48. The number of benzene rings is 2. The average molecular weight is 362 g/mol. The van der Waals surface area contributed by atoms with Gasteiger partial charge in [-0.15, -0.1) is 0 Å². The molecule has 0 unspecified atom stereocenters. The first-order valence-electron chi connectivity index (χ1n) is 9.08. The summed E-state index contributed by atoms with van der Waals surface area (Å²) in [7, 11) is 1.63. The lowest BCUT2D eigenvalue weighted by molar-refractivity contribution is -0.141. The van der Waals surface area contributed by atoms with Crippen molar-refractivity contribution in [3.05, 3.63) is 71.9 Å². The SMILES string of the molecule is COc1ccccc1[C@@H]1CN(Cc2cccc3cccnc23)C[C@H]1C(=O)O. The highest BCUT2D eigenvalue weighted by atomic mass is 16.5. The molecule has 0 bridgehead atoms. The minimum Gasteiger partial charge on any atom is -0.496 e. The number of hydrogen-bond donors (Lipinski definition) is 1. The monoisotopic (exact) mass is 362 g/mol. The van der Waals surface area contributed by atoms with Crippen LogP contribution < -0.4 is 4.74 Å². The van der Waals surface area contributed by atoms with Crippen LogP contribution in [0.15, 0.2) is 60.8 Å². The lowest BCUT2D eigenvalue weighted by atomic mass is 9.88. The molecule has 2 aromatic carbocycles. The fourth-order valence-electron chi connectivity index (χ4n) is 4.09. The Morgan fingerprint density at radius 3 is 2.78 bits per heavy atom. The molecule has 1 aliphatic heterocycles. The van der Waals surface area contributed by atoms with Gasteiger partial charge in [0.05, 0.1) is 18.5 Å². The molecule has 1 N–H and O–H groups in total. The maximum atomic E-state index is 11.9. The zero-order valence-corrected chi connectivity index (χ0v) is 15.2. The number of methoxy groups -OCH3 is 1. The number of carboxylic acids is 1. The van der Waals surface area contributed by atoms with Crippen LogP contribution in [0.3, 0.4) is 0 Å². The van der Waals surface area contributed by atoms with Crippen LogP contribution in [0.2, 0.25) is 0 Å². The van der Waals surface area contributed by atoms with Crippen LogP contribution in [0.25, 0.3) is 10.9 Å². The molecular weight excluding hydrogens is 340 g/mol. The molecule has 1 aliphatic rings. The van der Waals surface area contributed by atoms with E-state index in [1.54, 1.807) is 13.3 Å². The van der Waals surface area contributed by atoms with Gasteiger partial charge in [-0.25, -0.2) is 0 Å². The van der Waals surface area contributed by atoms with E-state index in [1.807, 2.05) is 48.5 Å². The number of aliphatic carboxylic acids is 1. The molecule has 1 fully saturated rings. The lowest BCUT2D eigenvalue weighted by Crippen LogP contribution is -2.23. The lowest BCUT2D eigenvalue weighted by Gasteiger charge is -2.19. The molecule has 1 aromatic heterocycles. The first kappa shape index (κ1) is 17.5. The number of carboxylic acid groups (broad SMARTS) is 1. The molecule has 4 rings (SSSR count). The Balaban J connectivity index is 1.63. The summed E-state index contributed by atoms with van der Waals surface area (Å²) in [5.74, 6) is -0.558. The van der Waals surface area contributed by atoms with Gasteiger partial charge in [0.25, 0.3) is 0 Å². The number of hydrogen-bond acceptors (Lipinski definition) is 4. The highest BCUT2D eigenvalue weighted by Gasteiger charge is 2.39. The van der Waals surface area contributed by atoms with Crippen molar-refractivity contribution in [2.75, 3.05) is 20.2 Å². The molecule has 138 valence electrons. The fraction of sp³-hybridized carbons (Fsp3) is 0.273. The van der Waals surface area contributed by atoms with Crippen LogP contribution in [0, 0.1) is 5.92 Å². The number of nitrogens with zero attached hydrogens (tertiary/aromatic N) is 2. The maximum absolute atomic E-state index is 11.9. The number of aromatic nitrogens is 1. The van der Waals surface area contributed by atoms with Gasteiger partial charge in [0.1, 0.15) is 5.75 Å². The van der Waals surface area contributed by atoms with Crippen molar-refractivity contribution in [1.29, 1.82) is 0 Å². The van der Waals surface area contributed by atoms with Crippen molar-refractivity contribution >= 4 is 16.9 Å². The number of likely N-dealkylation sites (tertiary alicyclic amines) is 1. The highest BCUT2D eigenvalue weighted by Crippen LogP contribution is 2.38. The summed E-state index contributed by atoms with van der Waals surface area (Å²) in [6.45, 7) is 1.88. The standard InChI is InChI=1S/C22H22N2O3/c1-27-20-10-3-2-9-17(20)18-13-24(14-19(18)22(25)26)12-16-7-4-6-15-8-5-11-23-21(15)16/h2-11,18-19H,12-14H2,1H3,(H,25,26)/t18-,19+/m0/s1. The van der Waals surface area contributed by atoms with E-state index >= 15 is 0 Å². The van der Waals surface area contributed by atoms with E-state index in [9.17, 15) is 9.90 Å². The van der Waals surface area contributed by atoms with Crippen LogP contribution in [0.5, 0.6) is 5.75 Å². The van der Waals surface area contributed by atoms with Gasteiger partial charge >= 0.3 is 5.97 Å². The van der Waals surface area contributed by atoms with Crippen molar-refractivity contribution in [2.24, 2.45) is 5.92 Å². The Bertz CT molecular complexity index is 967. The van der Waals surface area contributed by atoms with Gasteiger partial charge in [-0.05, 0) is 23.3 Å². The molecule has 5 nitrogen and oxygen atoms in total. The predicted octanol–water partition coefficient (Wildman–Crippen LogP) is 3.54. The van der Waals surface area contributed by atoms with Gasteiger partial charge in [0.15, 0.2) is 0 Å². The molecule has 0 amide bonds. The Morgan fingerprint density at radius 2 is 1.96 bits per heavy atom. The van der Waals surface area contributed by atoms with E-state index < -0.39 is 11.9 Å². The average Bonchev–Trinajstić information content (AvgIpc) is 3.12. The number of para-hydroxylation sites is 2. The molecule has 5 heteroatoms. The summed E-state index contributed by atoms with van der Waals surface area (Å²) >= 11 is 0. The van der Waals surface area contributed by atoms with Gasteiger partial charge in [-0.2, -0.15) is 0 Å². The second kappa shape index (κ2) is 7.37. The van der Waals surface area contributed by atoms with Crippen LogP contribution >= 0.6 is 0 Å². The summed E-state index contributed by atoms with van der Waals surface area (Å²) in [5.41, 5.74) is 3.07. The normalized spacial score (nSPS) is 20.0. The van der Waals surface area contributed by atoms with Crippen LogP contribution in [0.1, 0.15) is 17.0 Å². The molecule has 3 aromatic rings. The summed E-state index contributed by atoms with van der Waals surface area (Å²) in [4.78, 5) is 18.6. The third kappa shape index (κ3) is 3.38. The van der Waals surface area contributed by atoms with E-state index in [0.717, 1.165) is 27.8 Å². The fourth-order valence-corrected chi connectivity index (χ4v) is 4.09. The first-order valence-corrected chi connectivity index (χ1v) is 9.08. The predicted molar refractivity (Wildman–Crippen MR) is 104 cm³/mol. The third-order valence-electron chi connectivity index (χ3n) is 5.36.